The first kappa shape index (κ1) is 30.9. The molecule has 204 valence electrons. The predicted molar refractivity (Wildman–Crippen MR) is 147 cm³/mol. The average Bonchev–Trinajstić information content (AvgIpc) is 2.84. The van der Waals surface area contributed by atoms with Gasteiger partial charge in [0.25, 0.3) is 0 Å². The number of anilines is 1. The van der Waals surface area contributed by atoms with Crippen LogP contribution < -0.4 is 9.62 Å². The minimum Gasteiger partial charge on any atom is -0.354 e. The van der Waals surface area contributed by atoms with E-state index in [2.05, 4.69) is 5.32 Å². The summed E-state index contributed by atoms with van der Waals surface area (Å²) < 4.78 is 39.5. The molecule has 7 nitrogen and oxygen atoms in total. The van der Waals surface area contributed by atoms with Crippen LogP contribution in [0.3, 0.4) is 0 Å². The molecule has 0 aliphatic heterocycles. The third-order valence-electron chi connectivity index (χ3n) is 5.81. The van der Waals surface area contributed by atoms with Gasteiger partial charge in [-0.3, -0.25) is 13.9 Å². The molecule has 0 aliphatic rings. The summed E-state index contributed by atoms with van der Waals surface area (Å²) in [5.41, 5.74) is 0.909. The first-order chi connectivity index (χ1) is 17.5. The van der Waals surface area contributed by atoms with Crippen LogP contribution in [-0.2, 0) is 26.2 Å². The van der Waals surface area contributed by atoms with E-state index in [1.807, 2.05) is 13.8 Å². The van der Waals surface area contributed by atoms with E-state index in [4.69, 9.17) is 23.2 Å². The van der Waals surface area contributed by atoms with Gasteiger partial charge in [0.15, 0.2) is 0 Å². The van der Waals surface area contributed by atoms with Crippen molar-refractivity contribution in [1.29, 1.82) is 0 Å². The molecule has 0 saturated carbocycles. The van der Waals surface area contributed by atoms with Crippen LogP contribution in [0.15, 0.2) is 42.5 Å². The number of benzene rings is 2. The summed E-state index contributed by atoms with van der Waals surface area (Å²) in [6.07, 6.45) is 3.36. The molecule has 0 spiro atoms. The lowest BCUT2D eigenvalue weighted by atomic mass is 10.1. The average molecular weight is 575 g/mol. The van der Waals surface area contributed by atoms with Crippen LogP contribution in [0, 0.1) is 5.82 Å². The third kappa shape index (κ3) is 9.47. The Kier molecular flexibility index (Phi) is 12.1. The van der Waals surface area contributed by atoms with Gasteiger partial charge < -0.3 is 10.2 Å². The number of sulfonamides is 1. The maximum atomic E-state index is 13.4. The SMILES string of the molecule is CCCCNC(=O)C(CC)N(Cc1ccc(F)cc1)C(=O)CCCN(c1cc(Cl)ccc1Cl)S(C)(=O)=O. The van der Waals surface area contributed by atoms with Crippen molar-refractivity contribution in [2.24, 2.45) is 0 Å². The van der Waals surface area contributed by atoms with Gasteiger partial charge in [0.05, 0.1) is 17.0 Å². The summed E-state index contributed by atoms with van der Waals surface area (Å²) in [4.78, 5) is 27.8. The summed E-state index contributed by atoms with van der Waals surface area (Å²) in [6.45, 7) is 4.46. The zero-order valence-electron chi connectivity index (χ0n) is 21.3. The van der Waals surface area contributed by atoms with E-state index in [9.17, 15) is 22.4 Å². The fourth-order valence-electron chi connectivity index (χ4n) is 3.87. The number of amides is 2. The van der Waals surface area contributed by atoms with Gasteiger partial charge in [-0.15, -0.1) is 0 Å². The number of hydrogen-bond acceptors (Lipinski definition) is 4. The summed E-state index contributed by atoms with van der Waals surface area (Å²) in [6, 6.07) is 9.56. The van der Waals surface area contributed by atoms with E-state index in [-0.39, 0.29) is 48.5 Å². The number of nitrogens with zero attached hydrogens (tertiary/aromatic N) is 2. The molecular weight excluding hydrogens is 540 g/mol. The second-order valence-corrected chi connectivity index (χ2v) is 11.5. The van der Waals surface area contributed by atoms with Gasteiger partial charge >= 0.3 is 0 Å². The van der Waals surface area contributed by atoms with Gasteiger partial charge in [-0.05, 0) is 55.2 Å². The predicted octanol–water partition coefficient (Wildman–Crippen LogP) is 5.40. The lowest BCUT2D eigenvalue weighted by molar-refractivity contribution is -0.141. The third-order valence-corrected chi connectivity index (χ3v) is 7.55. The molecule has 1 N–H and O–H groups in total. The highest BCUT2D eigenvalue weighted by Crippen LogP contribution is 2.31. The van der Waals surface area contributed by atoms with Crippen LogP contribution in [0.25, 0.3) is 0 Å². The fourth-order valence-corrected chi connectivity index (χ4v) is 5.28. The topological polar surface area (TPSA) is 86.8 Å². The van der Waals surface area contributed by atoms with E-state index < -0.39 is 21.9 Å². The Morgan fingerprint density at radius 2 is 1.73 bits per heavy atom. The molecule has 0 saturated heterocycles. The van der Waals surface area contributed by atoms with Gasteiger partial charge in [-0.1, -0.05) is 55.6 Å². The molecule has 0 radical (unpaired) electrons. The highest BCUT2D eigenvalue weighted by Gasteiger charge is 2.29. The quantitative estimate of drug-likeness (QED) is 0.306. The van der Waals surface area contributed by atoms with Crippen LogP contribution >= 0.6 is 23.2 Å². The largest absolute Gasteiger partial charge is 0.354 e. The maximum absolute atomic E-state index is 13.4. The molecule has 0 bridgehead atoms. The molecule has 0 aromatic heterocycles. The Morgan fingerprint density at radius 1 is 1.05 bits per heavy atom. The molecule has 2 aromatic rings. The van der Waals surface area contributed by atoms with Crippen LogP contribution in [0.2, 0.25) is 10.0 Å². The Labute approximate surface area is 229 Å². The molecule has 1 unspecified atom stereocenters. The summed E-state index contributed by atoms with van der Waals surface area (Å²) >= 11 is 12.3. The number of unbranched alkanes of at least 4 members (excludes halogenated alkanes) is 1. The van der Waals surface area contributed by atoms with Gasteiger partial charge in [0.1, 0.15) is 11.9 Å². The molecule has 37 heavy (non-hydrogen) atoms. The van der Waals surface area contributed by atoms with Crippen LogP contribution in [0.4, 0.5) is 10.1 Å². The first-order valence-electron chi connectivity index (χ1n) is 12.2. The molecule has 0 fully saturated rings. The lowest BCUT2D eigenvalue weighted by Gasteiger charge is -2.31. The molecular formula is C26H34Cl2FN3O4S. The number of carbonyl (C=O) groups excluding carboxylic acids is 2. The zero-order valence-corrected chi connectivity index (χ0v) is 23.7. The van der Waals surface area contributed by atoms with Crippen molar-refractivity contribution >= 4 is 50.7 Å². The van der Waals surface area contributed by atoms with Gasteiger partial charge in [-0.2, -0.15) is 0 Å². The smallest absolute Gasteiger partial charge is 0.242 e. The van der Waals surface area contributed by atoms with E-state index in [0.29, 0.717) is 23.6 Å². The van der Waals surface area contributed by atoms with Crippen molar-refractivity contribution in [1.82, 2.24) is 10.2 Å². The second-order valence-electron chi connectivity index (χ2n) is 8.75. The number of rotatable bonds is 14. The Morgan fingerprint density at radius 3 is 2.32 bits per heavy atom. The van der Waals surface area contributed by atoms with Crippen molar-refractivity contribution in [2.45, 2.75) is 58.5 Å². The Bertz CT molecular complexity index is 1160. The molecule has 1 atom stereocenters. The second kappa shape index (κ2) is 14.5. The normalized spacial score (nSPS) is 12.2. The molecule has 0 aliphatic carbocycles. The maximum Gasteiger partial charge on any atom is 0.242 e. The minimum absolute atomic E-state index is 0.00544. The van der Waals surface area contributed by atoms with E-state index in [0.717, 1.165) is 23.4 Å². The lowest BCUT2D eigenvalue weighted by Crippen LogP contribution is -2.49. The standard InChI is InChI=1S/C26H34Cl2FN3O4S/c1-4-6-15-30-26(34)23(5-2)31(18-19-9-12-21(29)13-10-19)25(33)8-7-16-32(37(3,35)36)24-17-20(27)11-14-22(24)28/h9-14,17,23H,4-8,15-16,18H2,1-3H3,(H,30,34). The van der Waals surface area contributed by atoms with Crippen molar-refractivity contribution < 1.29 is 22.4 Å². The highest BCUT2D eigenvalue weighted by molar-refractivity contribution is 7.92. The minimum atomic E-state index is -3.71. The number of halogens is 3. The molecule has 2 rings (SSSR count). The number of nitrogens with one attached hydrogen (secondary N) is 1. The van der Waals surface area contributed by atoms with Gasteiger partial charge in [-0.25, -0.2) is 12.8 Å². The molecule has 0 heterocycles. The summed E-state index contributed by atoms with van der Waals surface area (Å²) in [7, 11) is -3.71. The van der Waals surface area contributed by atoms with Crippen LogP contribution in [0.1, 0.15) is 51.5 Å². The molecule has 2 aromatic carbocycles. The Hall–Kier alpha value is -2.36. The van der Waals surface area contributed by atoms with Crippen molar-refractivity contribution in [3.8, 4) is 0 Å². The Balaban J connectivity index is 2.22. The molecule has 2 amide bonds. The van der Waals surface area contributed by atoms with E-state index in [1.54, 1.807) is 18.2 Å². The van der Waals surface area contributed by atoms with Crippen molar-refractivity contribution in [2.75, 3.05) is 23.7 Å². The summed E-state index contributed by atoms with van der Waals surface area (Å²) in [5.74, 6) is -0.964. The van der Waals surface area contributed by atoms with Gasteiger partial charge in [0, 0.05) is 31.1 Å². The van der Waals surface area contributed by atoms with Gasteiger partial charge in [0.2, 0.25) is 21.8 Å². The fraction of sp³-hybridized carbons (Fsp3) is 0.462. The number of carbonyl (C=O) groups is 2. The van der Waals surface area contributed by atoms with Crippen LogP contribution in [0.5, 0.6) is 0 Å². The van der Waals surface area contributed by atoms with Crippen molar-refractivity contribution in [3.63, 3.8) is 0 Å². The number of hydrogen-bond donors (Lipinski definition) is 1. The van der Waals surface area contributed by atoms with E-state index >= 15 is 0 Å². The van der Waals surface area contributed by atoms with E-state index in [1.165, 1.54) is 29.2 Å². The van der Waals surface area contributed by atoms with Crippen LogP contribution in [-0.4, -0.2) is 50.5 Å². The first-order valence-corrected chi connectivity index (χ1v) is 14.8. The van der Waals surface area contributed by atoms with Crippen molar-refractivity contribution in [3.05, 3.63) is 63.9 Å². The highest BCUT2D eigenvalue weighted by atomic mass is 35.5. The monoisotopic (exact) mass is 573 g/mol. The zero-order chi connectivity index (χ0) is 27.6. The summed E-state index contributed by atoms with van der Waals surface area (Å²) in [5, 5.41) is 3.43. The molecule has 11 heteroatoms.